The van der Waals surface area contributed by atoms with Gasteiger partial charge in [-0.25, -0.2) is 0 Å². The molecule has 0 bridgehead atoms. The largest absolute Gasteiger partial charge is 0.573 e. The van der Waals surface area contributed by atoms with Gasteiger partial charge in [-0.15, -0.1) is 13.2 Å². The van der Waals surface area contributed by atoms with Crippen molar-refractivity contribution in [1.29, 1.82) is 0 Å². The molecule has 1 N–H and O–H groups in total. The maximum Gasteiger partial charge on any atom is 0.573 e. The maximum absolute atomic E-state index is 12.4. The lowest BCUT2D eigenvalue weighted by atomic mass is 10.0. The van der Waals surface area contributed by atoms with E-state index in [0.717, 1.165) is 0 Å². The Kier molecular flexibility index (Phi) is 6.44. The van der Waals surface area contributed by atoms with Crippen molar-refractivity contribution in [1.82, 2.24) is 5.32 Å². The summed E-state index contributed by atoms with van der Waals surface area (Å²) in [6, 6.07) is 10.3. The third-order valence-corrected chi connectivity index (χ3v) is 3.71. The first kappa shape index (κ1) is 20.3. The molecule has 0 aliphatic carbocycles. The van der Waals surface area contributed by atoms with E-state index in [-0.39, 0.29) is 30.1 Å². The number of ether oxygens (including phenoxy) is 2. The van der Waals surface area contributed by atoms with Crippen LogP contribution in [0.2, 0.25) is 0 Å². The average Bonchev–Trinajstić information content (AvgIpc) is 2.59. The Morgan fingerprint density at radius 1 is 1.04 bits per heavy atom. The van der Waals surface area contributed by atoms with Gasteiger partial charge < -0.3 is 14.8 Å². The topological polar surface area (TPSA) is 64.6 Å². The van der Waals surface area contributed by atoms with Crippen LogP contribution >= 0.6 is 0 Å². The first-order valence-electron chi connectivity index (χ1n) is 7.98. The zero-order valence-corrected chi connectivity index (χ0v) is 14.7. The summed E-state index contributed by atoms with van der Waals surface area (Å²) in [5.41, 5.74) is 1.12. The highest BCUT2D eigenvalue weighted by atomic mass is 19.4. The van der Waals surface area contributed by atoms with Gasteiger partial charge in [0.15, 0.2) is 5.78 Å². The van der Waals surface area contributed by atoms with Crippen LogP contribution in [-0.4, -0.2) is 25.2 Å². The molecule has 0 aliphatic heterocycles. The van der Waals surface area contributed by atoms with Crippen LogP contribution in [0.25, 0.3) is 0 Å². The second-order valence-electron chi connectivity index (χ2n) is 5.69. The SMILES string of the molecule is COc1ccc(C(C)=O)cc1CC(=O)NCc1ccccc1OC(F)(F)F. The number of rotatable bonds is 7. The van der Waals surface area contributed by atoms with E-state index in [9.17, 15) is 22.8 Å². The van der Waals surface area contributed by atoms with Crippen molar-refractivity contribution in [2.45, 2.75) is 26.3 Å². The number of amides is 1. The fourth-order valence-corrected chi connectivity index (χ4v) is 2.44. The number of para-hydroxylation sites is 1. The van der Waals surface area contributed by atoms with Crippen LogP contribution < -0.4 is 14.8 Å². The molecule has 0 radical (unpaired) electrons. The Labute approximate surface area is 154 Å². The van der Waals surface area contributed by atoms with Crippen molar-refractivity contribution >= 4 is 11.7 Å². The minimum atomic E-state index is -4.82. The number of carbonyl (C=O) groups excluding carboxylic acids is 2. The van der Waals surface area contributed by atoms with Gasteiger partial charge in [0.05, 0.1) is 13.5 Å². The summed E-state index contributed by atoms with van der Waals surface area (Å²) in [4.78, 5) is 23.7. The van der Waals surface area contributed by atoms with Crippen LogP contribution in [-0.2, 0) is 17.8 Å². The van der Waals surface area contributed by atoms with Crippen LogP contribution in [0.1, 0.15) is 28.4 Å². The predicted octanol–water partition coefficient (Wildman–Crippen LogP) is 3.66. The fraction of sp³-hybridized carbons (Fsp3) is 0.263. The summed E-state index contributed by atoms with van der Waals surface area (Å²) >= 11 is 0. The second-order valence-corrected chi connectivity index (χ2v) is 5.69. The molecule has 0 aromatic heterocycles. The third-order valence-electron chi connectivity index (χ3n) is 3.71. The minimum absolute atomic E-state index is 0.0907. The smallest absolute Gasteiger partial charge is 0.496 e. The molecule has 0 fully saturated rings. The summed E-state index contributed by atoms with van der Waals surface area (Å²) in [6.07, 6.45) is -4.91. The number of Topliss-reactive ketones (excluding diaryl/α,β-unsaturated/α-hetero) is 1. The molecular formula is C19H18F3NO4. The van der Waals surface area contributed by atoms with E-state index < -0.39 is 12.3 Å². The zero-order valence-electron chi connectivity index (χ0n) is 14.7. The molecule has 0 saturated carbocycles. The van der Waals surface area contributed by atoms with Crippen LogP contribution in [0.5, 0.6) is 11.5 Å². The summed E-state index contributed by atoms with van der Waals surface area (Å²) in [5.74, 6) is -0.522. The lowest BCUT2D eigenvalue weighted by Gasteiger charge is -2.14. The average molecular weight is 381 g/mol. The van der Waals surface area contributed by atoms with Gasteiger partial charge in [-0.05, 0) is 31.2 Å². The van der Waals surface area contributed by atoms with E-state index >= 15 is 0 Å². The number of carbonyl (C=O) groups is 2. The van der Waals surface area contributed by atoms with Crippen LogP contribution in [0.4, 0.5) is 13.2 Å². The van der Waals surface area contributed by atoms with Crippen molar-refractivity contribution in [3.05, 3.63) is 59.2 Å². The molecule has 0 atom stereocenters. The van der Waals surface area contributed by atoms with Gasteiger partial charge in [-0.1, -0.05) is 18.2 Å². The molecule has 2 aromatic rings. The Morgan fingerprint density at radius 2 is 1.74 bits per heavy atom. The highest BCUT2D eigenvalue weighted by Gasteiger charge is 2.32. The number of hydrogen-bond donors (Lipinski definition) is 1. The van der Waals surface area contributed by atoms with E-state index in [1.165, 1.54) is 32.2 Å². The molecule has 0 aliphatic rings. The molecule has 27 heavy (non-hydrogen) atoms. The van der Waals surface area contributed by atoms with Crippen LogP contribution in [0.3, 0.4) is 0 Å². The lowest BCUT2D eigenvalue weighted by molar-refractivity contribution is -0.274. The number of halogens is 3. The number of hydrogen-bond acceptors (Lipinski definition) is 4. The Hall–Kier alpha value is -3.03. The van der Waals surface area contributed by atoms with Gasteiger partial charge in [-0.3, -0.25) is 9.59 Å². The number of benzene rings is 2. The van der Waals surface area contributed by atoms with Gasteiger partial charge in [-0.2, -0.15) is 0 Å². The molecule has 1 amide bonds. The molecule has 0 saturated heterocycles. The first-order chi connectivity index (χ1) is 12.7. The highest BCUT2D eigenvalue weighted by Crippen LogP contribution is 2.26. The van der Waals surface area contributed by atoms with E-state index in [1.54, 1.807) is 24.3 Å². The summed E-state index contributed by atoms with van der Waals surface area (Å²) in [5, 5.41) is 2.55. The van der Waals surface area contributed by atoms with E-state index in [4.69, 9.17) is 4.74 Å². The molecule has 144 valence electrons. The number of nitrogens with one attached hydrogen (secondary N) is 1. The molecule has 0 unspecified atom stereocenters. The maximum atomic E-state index is 12.4. The van der Waals surface area contributed by atoms with Crippen molar-refractivity contribution < 1.29 is 32.2 Å². The van der Waals surface area contributed by atoms with Gasteiger partial charge in [0.1, 0.15) is 11.5 Å². The molecular weight excluding hydrogens is 363 g/mol. The monoisotopic (exact) mass is 381 g/mol. The van der Waals surface area contributed by atoms with Crippen molar-refractivity contribution in [3.8, 4) is 11.5 Å². The van der Waals surface area contributed by atoms with Crippen molar-refractivity contribution in [2.24, 2.45) is 0 Å². The zero-order chi connectivity index (χ0) is 20.0. The molecule has 0 heterocycles. The van der Waals surface area contributed by atoms with E-state index in [2.05, 4.69) is 10.1 Å². The Bertz CT molecular complexity index is 834. The number of methoxy groups -OCH3 is 1. The number of ketones is 1. The molecule has 8 heteroatoms. The third kappa shape index (κ3) is 6.02. The summed E-state index contributed by atoms with van der Waals surface area (Å²) < 4.78 is 46.5. The van der Waals surface area contributed by atoms with Gasteiger partial charge in [0, 0.05) is 23.2 Å². The van der Waals surface area contributed by atoms with Gasteiger partial charge >= 0.3 is 6.36 Å². The Balaban J connectivity index is 2.08. The molecule has 5 nitrogen and oxygen atoms in total. The van der Waals surface area contributed by atoms with Gasteiger partial charge in [0.2, 0.25) is 5.91 Å². The molecule has 2 rings (SSSR count). The first-order valence-corrected chi connectivity index (χ1v) is 7.98. The summed E-state index contributed by atoms with van der Waals surface area (Å²) in [7, 11) is 1.44. The predicted molar refractivity (Wildman–Crippen MR) is 91.7 cm³/mol. The summed E-state index contributed by atoms with van der Waals surface area (Å²) in [6.45, 7) is 1.27. The van der Waals surface area contributed by atoms with E-state index in [0.29, 0.717) is 16.9 Å². The quantitative estimate of drug-likeness (QED) is 0.744. The van der Waals surface area contributed by atoms with Crippen molar-refractivity contribution in [3.63, 3.8) is 0 Å². The minimum Gasteiger partial charge on any atom is -0.496 e. The Morgan fingerprint density at radius 3 is 2.37 bits per heavy atom. The standard InChI is InChI=1S/C19H18F3NO4/c1-12(24)13-7-8-16(26-2)15(9-13)10-18(25)23-11-14-5-3-4-6-17(14)27-19(20,21)22/h3-9H,10-11H2,1-2H3,(H,23,25). The number of alkyl halides is 3. The second kappa shape index (κ2) is 8.57. The van der Waals surface area contributed by atoms with Crippen molar-refractivity contribution in [2.75, 3.05) is 7.11 Å². The molecule has 2 aromatic carbocycles. The lowest BCUT2D eigenvalue weighted by Crippen LogP contribution is -2.26. The fourth-order valence-electron chi connectivity index (χ4n) is 2.44. The van der Waals surface area contributed by atoms with E-state index in [1.807, 2.05) is 0 Å². The van der Waals surface area contributed by atoms with Crippen LogP contribution in [0.15, 0.2) is 42.5 Å². The van der Waals surface area contributed by atoms with Crippen LogP contribution in [0, 0.1) is 0 Å². The molecule has 0 spiro atoms. The highest BCUT2D eigenvalue weighted by molar-refractivity contribution is 5.94. The normalized spacial score (nSPS) is 11.0. The van der Waals surface area contributed by atoms with Gasteiger partial charge in [0.25, 0.3) is 0 Å².